The van der Waals surface area contributed by atoms with E-state index in [4.69, 9.17) is 10.6 Å². The van der Waals surface area contributed by atoms with E-state index in [1.807, 2.05) is 24.3 Å². The van der Waals surface area contributed by atoms with Crippen LogP contribution >= 0.6 is 0 Å². The molecule has 2 N–H and O–H groups in total. The SMILES string of the molecule is Cc1ccccc1CN1CCCc2cccc(OCc3ccc(CCC(=O)ON)cc3)c21. The standard InChI is InChI=1S/C27H30N2O3/c1-20-6-2-3-7-24(20)18-29-17-5-9-23-8-4-10-25(27(23)29)31-19-22-13-11-21(12-14-22)15-16-26(30)32-28/h2-4,6-8,10-14H,5,9,15-19,28H2,1H3. The molecule has 1 heterocycles. The number of ether oxygens (including phenoxy) is 1. The van der Waals surface area contributed by atoms with Gasteiger partial charge in [-0.2, -0.15) is 5.90 Å². The molecule has 5 nitrogen and oxygen atoms in total. The summed E-state index contributed by atoms with van der Waals surface area (Å²) in [6, 6.07) is 23.1. The van der Waals surface area contributed by atoms with Crippen LogP contribution in [0.2, 0.25) is 0 Å². The van der Waals surface area contributed by atoms with Gasteiger partial charge in [0.1, 0.15) is 12.4 Å². The third kappa shape index (κ3) is 5.29. The van der Waals surface area contributed by atoms with Gasteiger partial charge >= 0.3 is 5.97 Å². The zero-order valence-corrected chi connectivity index (χ0v) is 18.5. The number of anilines is 1. The molecule has 0 aliphatic carbocycles. The predicted octanol–water partition coefficient (Wildman–Crippen LogP) is 4.88. The van der Waals surface area contributed by atoms with Crippen molar-refractivity contribution in [2.75, 3.05) is 11.4 Å². The summed E-state index contributed by atoms with van der Waals surface area (Å²) >= 11 is 0. The molecule has 166 valence electrons. The Morgan fingerprint density at radius 3 is 2.56 bits per heavy atom. The molecule has 0 radical (unpaired) electrons. The van der Waals surface area contributed by atoms with Crippen LogP contribution in [0.1, 0.15) is 40.7 Å². The van der Waals surface area contributed by atoms with E-state index in [0.717, 1.165) is 42.8 Å². The maximum atomic E-state index is 11.2. The number of fused-ring (bicyclic) bond motifs is 1. The number of nitrogens with zero attached hydrogens (tertiary/aromatic N) is 1. The molecule has 1 aliphatic heterocycles. The van der Waals surface area contributed by atoms with Crippen molar-refractivity contribution in [2.45, 2.75) is 45.8 Å². The molecular weight excluding hydrogens is 400 g/mol. The van der Waals surface area contributed by atoms with E-state index in [1.165, 1.54) is 22.4 Å². The van der Waals surface area contributed by atoms with Gasteiger partial charge in [-0.25, -0.2) is 0 Å². The Labute approximate surface area is 189 Å². The van der Waals surface area contributed by atoms with E-state index in [9.17, 15) is 4.79 Å². The van der Waals surface area contributed by atoms with E-state index < -0.39 is 5.97 Å². The minimum atomic E-state index is -0.401. The summed E-state index contributed by atoms with van der Waals surface area (Å²) in [6.45, 7) is 4.59. The van der Waals surface area contributed by atoms with E-state index in [0.29, 0.717) is 13.0 Å². The van der Waals surface area contributed by atoms with Crippen LogP contribution in [0.15, 0.2) is 66.7 Å². The average Bonchev–Trinajstić information content (AvgIpc) is 2.83. The van der Waals surface area contributed by atoms with Crippen LogP contribution in [0.4, 0.5) is 5.69 Å². The molecule has 4 rings (SSSR count). The molecule has 3 aromatic carbocycles. The van der Waals surface area contributed by atoms with Gasteiger partial charge in [-0.1, -0.05) is 60.7 Å². The minimum absolute atomic E-state index is 0.277. The monoisotopic (exact) mass is 430 g/mol. The molecule has 3 aromatic rings. The van der Waals surface area contributed by atoms with Crippen molar-refractivity contribution in [1.82, 2.24) is 0 Å². The fourth-order valence-electron chi connectivity index (χ4n) is 4.24. The van der Waals surface area contributed by atoms with E-state index in [2.05, 4.69) is 59.1 Å². The lowest BCUT2D eigenvalue weighted by atomic mass is 9.99. The van der Waals surface area contributed by atoms with Gasteiger partial charge in [-0.15, -0.1) is 0 Å². The number of carbonyl (C=O) groups is 1. The largest absolute Gasteiger partial charge is 0.487 e. The second-order valence-electron chi connectivity index (χ2n) is 8.31. The van der Waals surface area contributed by atoms with Gasteiger partial charge in [0.2, 0.25) is 0 Å². The van der Waals surface area contributed by atoms with Gasteiger partial charge in [0.05, 0.1) is 12.1 Å². The highest BCUT2D eigenvalue weighted by Crippen LogP contribution is 2.37. The molecule has 0 unspecified atom stereocenters. The molecule has 0 bridgehead atoms. The fraction of sp³-hybridized carbons (Fsp3) is 0.296. The van der Waals surface area contributed by atoms with Gasteiger partial charge < -0.3 is 14.5 Å². The first-order valence-electron chi connectivity index (χ1n) is 11.2. The number of carbonyl (C=O) groups excluding carboxylic acids is 1. The molecule has 0 saturated heterocycles. The molecular formula is C27H30N2O3. The predicted molar refractivity (Wildman–Crippen MR) is 126 cm³/mol. The van der Waals surface area contributed by atoms with Crippen LogP contribution in [-0.2, 0) is 35.6 Å². The number of benzene rings is 3. The first-order valence-corrected chi connectivity index (χ1v) is 11.2. The van der Waals surface area contributed by atoms with Crippen LogP contribution < -0.4 is 15.5 Å². The zero-order chi connectivity index (χ0) is 22.3. The molecule has 0 amide bonds. The van der Waals surface area contributed by atoms with Crippen LogP contribution in [0, 0.1) is 6.92 Å². The molecule has 0 saturated carbocycles. The number of rotatable bonds is 8. The summed E-state index contributed by atoms with van der Waals surface area (Å²) in [6.07, 6.45) is 3.12. The minimum Gasteiger partial charge on any atom is -0.487 e. The molecule has 1 aliphatic rings. The third-order valence-corrected chi connectivity index (χ3v) is 6.06. The zero-order valence-electron chi connectivity index (χ0n) is 18.5. The lowest BCUT2D eigenvalue weighted by Gasteiger charge is -2.33. The first-order chi connectivity index (χ1) is 15.6. The average molecular weight is 431 g/mol. The van der Waals surface area contributed by atoms with Crippen molar-refractivity contribution in [3.05, 3.63) is 94.5 Å². The Bertz CT molecular complexity index is 1060. The van der Waals surface area contributed by atoms with Crippen molar-refractivity contribution in [3.8, 4) is 5.75 Å². The van der Waals surface area contributed by atoms with Crippen molar-refractivity contribution < 1.29 is 14.4 Å². The summed E-state index contributed by atoms with van der Waals surface area (Å²) < 4.78 is 6.31. The molecule has 0 fully saturated rings. The van der Waals surface area contributed by atoms with Crippen molar-refractivity contribution in [2.24, 2.45) is 5.90 Å². The number of nitrogens with two attached hydrogens (primary N) is 1. The lowest BCUT2D eigenvalue weighted by molar-refractivity contribution is -0.144. The van der Waals surface area contributed by atoms with Crippen LogP contribution in [0.5, 0.6) is 5.75 Å². The van der Waals surface area contributed by atoms with Gasteiger partial charge in [-0.05, 0) is 60.1 Å². The molecule has 0 spiro atoms. The number of aryl methyl sites for hydroxylation is 3. The summed E-state index contributed by atoms with van der Waals surface area (Å²) in [5.41, 5.74) is 7.40. The Balaban J connectivity index is 1.46. The summed E-state index contributed by atoms with van der Waals surface area (Å²) in [5, 5.41) is 0. The second kappa shape index (κ2) is 10.3. The highest BCUT2D eigenvalue weighted by molar-refractivity contribution is 5.69. The van der Waals surface area contributed by atoms with Gasteiger partial charge in [-0.3, -0.25) is 4.79 Å². The normalized spacial score (nSPS) is 12.9. The highest BCUT2D eigenvalue weighted by Gasteiger charge is 2.21. The molecule has 5 heteroatoms. The molecule has 0 aromatic heterocycles. The highest BCUT2D eigenvalue weighted by atomic mass is 16.7. The third-order valence-electron chi connectivity index (χ3n) is 6.06. The van der Waals surface area contributed by atoms with Crippen LogP contribution in [-0.4, -0.2) is 12.5 Å². The number of hydrogen-bond donors (Lipinski definition) is 1. The Kier molecular flexibility index (Phi) is 7.07. The second-order valence-corrected chi connectivity index (χ2v) is 8.31. The first kappa shape index (κ1) is 21.9. The topological polar surface area (TPSA) is 64.8 Å². The molecule has 0 atom stereocenters. The maximum absolute atomic E-state index is 11.2. The lowest BCUT2D eigenvalue weighted by Crippen LogP contribution is -2.29. The Hall–Kier alpha value is -3.31. The van der Waals surface area contributed by atoms with Crippen LogP contribution in [0.3, 0.4) is 0 Å². The van der Waals surface area contributed by atoms with Gasteiger partial charge in [0.25, 0.3) is 0 Å². The smallest absolute Gasteiger partial charge is 0.324 e. The van der Waals surface area contributed by atoms with Gasteiger partial charge in [0, 0.05) is 13.1 Å². The Morgan fingerprint density at radius 1 is 1.00 bits per heavy atom. The quantitative estimate of drug-likeness (QED) is 0.516. The summed E-state index contributed by atoms with van der Waals surface area (Å²) in [7, 11) is 0. The molecule has 32 heavy (non-hydrogen) atoms. The number of hydrogen-bond acceptors (Lipinski definition) is 5. The van der Waals surface area contributed by atoms with E-state index in [-0.39, 0.29) is 6.42 Å². The van der Waals surface area contributed by atoms with Crippen LogP contribution in [0.25, 0.3) is 0 Å². The van der Waals surface area contributed by atoms with Crippen molar-refractivity contribution >= 4 is 11.7 Å². The van der Waals surface area contributed by atoms with Crippen molar-refractivity contribution in [1.29, 1.82) is 0 Å². The van der Waals surface area contributed by atoms with Crippen molar-refractivity contribution in [3.63, 3.8) is 0 Å². The fourth-order valence-corrected chi connectivity index (χ4v) is 4.24. The summed E-state index contributed by atoms with van der Waals surface area (Å²) in [4.78, 5) is 17.9. The van der Waals surface area contributed by atoms with Gasteiger partial charge in [0.15, 0.2) is 0 Å². The maximum Gasteiger partial charge on any atom is 0.324 e. The van der Waals surface area contributed by atoms with E-state index >= 15 is 0 Å². The Morgan fingerprint density at radius 2 is 1.78 bits per heavy atom. The summed E-state index contributed by atoms with van der Waals surface area (Å²) in [5.74, 6) is 5.43. The van der Waals surface area contributed by atoms with E-state index in [1.54, 1.807) is 0 Å². The number of para-hydroxylation sites is 1.